The number of nitrogens with zero attached hydrogens (tertiary/aromatic N) is 2. The van der Waals surface area contributed by atoms with Gasteiger partial charge in [-0.05, 0) is 37.0 Å². The number of para-hydroxylation sites is 1. The van der Waals surface area contributed by atoms with E-state index in [1.54, 1.807) is 0 Å². The Balaban J connectivity index is 0.00000208. The first-order chi connectivity index (χ1) is 11.2. The van der Waals surface area contributed by atoms with Gasteiger partial charge in [-0.25, -0.2) is 4.79 Å². The molecular weight excluding hydrogens is 324 g/mol. The summed E-state index contributed by atoms with van der Waals surface area (Å²) in [6.07, 6.45) is 3.63. The molecule has 0 atom stereocenters. The van der Waals surface area contributed by atoms with Gasteiger partial charge < -0.3 is 9.64 Å². The van der Waals surface area contributed by atoms with Crippen molar-refractivity contribution in [1.82, 2.24) is 9.88 Å². The smallest absolute Gasteiger partial charge is 0.409 e. The van der Waals surface area contributed by atoms with Crippen molar-refractivity contribution in [2.75, 3.05) is 19.7 Å². The Morgan fingerprint density at radius 1 is 1.21 bits per heavy atom. The molecule has 0 fully saturated rings. The van der Waals surface area contributed by atoms with Crippen molar-refractivity contribution in [2.45, 2.75) is 39.5 Å². The Bertz CT molecular complexity index is 718. The first-order valence-electron chi connectivity index (χ1n) is 8.55. The van der Waals surface area contributed by atoms with Gasteiger partial charge in [-0.1, -0.05) is 31.5 Å². The zero-order valence-corrected chi connectivity index (χ0v) is 15.2. The van der Waals surface area contributed by atoms with E-state index in [-0.39, 0.29) is 18.5 Å². The molecule has 2 heterocycles. The number of pyridine rings is 1. The summed E-state index contributed by atoms with van der Waals surface area (Å²) in [6.45, 7) is 5.87. The summed E-state index contributed by atoms with van der Waals surface area (Å²) in [7, 11) is 0. The molecule has 24 heavy (non-hydrogen) atoms. The zero-order valence-electron chi connectivity index (χ0n) is 14.4. The molecule has 0 unspecified atom stereocenters. The molecule has 2 aromatic rings. The number of amides is 1. The predicted molar refractivity (Wildman–Crippen MR) is 99.0 cm³/mol. The number of halogens is 1. The van der Waals surface area contributed by atoms with E-state index < -0.39 is 0 Å². The molecule has 0 N–H and O–H groups in total. The monoisotopic (exact) mass is 348 g/mol. The largest absolute Gasteiger partial charge is 0.450 e. The highest BCUT2D eigenvalue weighted by Gasteiger charge is 2.22. The third-order valence-corrected chi connectivity index (χ3v) is 4.47. The normalized spacial score (nSPS) is 13.8. The number of ether oxygens (including phenoxy) is 1. The van der Waals surface area contributed by atoms with Gasteiger partial charge in [0.25, 0.3) is 0 Å². The lowest BCUT2D eigenvalue weighted by Gasteiger charge is -2.19. The fraction of sp³-hybridized carbons (Fsp3) is 0.474. The van der Waals surface area contributed by atoms with Crippen molar-refractivity contribution in [3.8, 4) is 0 Å². The Morgan fingerprint density at radius 2 is 1.96 bits per heavy atom. The van der Waals surface area contributed by atoms with Gasteiger partial charge in [0.05, 0.1) is 12.1 Å². The fourth-order valence-corrected chi connectivity index (χ4v) is 3.41. The summed E-state index contributed by atoms with van der Waals surface area (Å²) in [5.74, 6) is 0. The number of aryl methyl sites for hydroxylation is 1. The second-order valence-corrected chi connectivity index (χ2v) is 5.97. The second-order valence-electron chi connectivity index (χ2n) is 5.97. The Labute approximate surface area is 149 Å². The van der Waals surface area contributed by atoms with Crippen molar-refractivity contribution in [3.63, 3.8) is 0 Å². The molecule has 0 spiro atoms. The maximum Gasteiger partial charge on any atom is 0.409 e. The Morgan fingerprint density at radius 3 is 2.71 bits per heavy atom. The molecule has 0 radical (unpaired) electrons. The number of carbonyl (C=O) groups is 1. The number of carbonyl (C=O) groups excluding carboxylic acids is 1. The summed E-state index contributed by atoms with van der Waals surface area (Å²) in [5.41, 5.74) is 4.98. The molecular formula is C19H25ClN2O2. The van der Waals surface area contributed by atoms with Crippen LogP contribution in [-0.4, -0.2) is 35.7 Å². The van der Waals surface area contributed by atoms with Crippen LogP contribution in [0.2, 0.25) is 0 Å². The zero-order chi connectivity index (χ0) is 16.2. The number of fused-ring (bicyclic) bond motifs is 2. The van der Waals surface area contributed by atoms with Gasteiger partial charge >= 0.3 is 6.09 Å². The molecule has 1 aliphatic heterocycles. The maximum absolute atomic E-state index is 12.0. The highest BCUT2D eigenvalue weighted by atomic mass is 35.5. The number of benzene rings is 1. The van der Waals surface area contributed by atoms with E-state index in [2.05, 4.69) is 25.1 Å². The lowest BCUT2D eigenvalue weighted by Crippen LogP contribution is -2.33. The van der Waals surface area contributed by atoms with Crippen LogP contribution in [0.3, 0.4) is 0 Å². The average Bonchev–Trinajstić information content (AvgIpc) is 2.77. The molecule has 1 aliphatic rings. The lowest BCUT2D eigenvalue weighted by molar-refractivity contribution is 0.109. The third kappa shape index (κ3) is 3.64. The quantitative estimate of drug-likeness (QED) is 0.836. The molecule has 0 bridgehead atoms. The van der Waals surface area contributed by atoms with Crippen LogP contribution < -0.4 is 0 Å². The summed E-state index contributed by atoms with van der Waals surface area (Å²) in [5, 5.41) is 1.26. The Kier molecular flexibility index (Phi) is 6.44. The van der Waals surface area contributed by atoms with E-state index in [4.69, 9.17) is 9.72 Å². The molecule has 4 nitrogen and oxygen atoms in total. The topological polar surface area (TPSA) is 42.4 Å². The molecule has 1 aromatic carbocycles. The summed E-state index contributed by atoms with van der Waals surface area (Å²) in [4.78, 5) is 18.7. The van der Waals surface area contributed by atoms with Gasteiger partial charge in [0, 0.05) is 30.6 Å². The fourth-order valence-electron chi connectivity index (χ4n) is 3.41. The molecule has 3 rings (SSSR count). The van der Waals surface area contributed by atoms with Crippen molar-refractivity contribution in [3.05, 3.63) is 41.1 Å². The average molecular weight is 349 g/mol. The van der Waals surface area contributed by atoms with E-state index in [1.807, 2.05) is 17.9 Å². The number of aromatic nitrogens is 1. The third-order valence-electron chi connectivity index (χ3n) is 4.47. The molecule has 0 saturated carbocycles. The van der Waals surface area contributed by atoms with Crippen molar-refractivity contribution < 1.29 is 9.53 Å². The van der Waals surface area contributed by atoms with Crippen LogP contribution >= 0.6 is 12.4 Å². The molecule has 5 heteroatoms. The van der Waals surface area contributed by atoms with Gasteiger partial charge in [0.2, 0.25) is 0 Å². The van der Waals surface area contributed by atoms with Gasteiger partial charge in [0.15, 0.2) is 0 Å². The van der Waals surface area contributed by atoms with Crippen LogP contribution in [0, 0.1) is 0 Å². The maximum atomic E-state index is 12.0. The molecule has 0 saturated heterocycles. The summed E-state index contributed by atoms with van der Waals surface area (Å²) in [6, 6.07) is 8.38. The van der Waals surface area contributed by atoms with Crippen LogP contribution in [0.4, 0.5) is 4.79 Å². The van der Waals surface area contributed by atoms with E-state index in [9.17, 15) is 4.79 Å². The van der Waals surface area contributed by atoms with E-state index in [0.717, 1.165) is 36.9 Å². The summed E-state index contributed by atoms with van der Waals surface area (Å²) < 4.78 is 5.16. The van der Waals surface area contributed by atoms with Crippen molar-refractivity contribution >= 4 is 29.4 Å². The van der Waals surface area contributed by atoms with Crippen molar-refractivity contribution in [1.29, 1.82) is 0 Å². The first-order valence-corrected chi connectivity index (χ1v) is 8.55. The number of rotatable bonds is 3. The minimum absolute atomic E-state index is 0. The van der Waals surface area contributed by atoms with Crippen molar-refractivity contribution in [2.24, 2.45) is 0 Å². The SMILES string of the molecule is CCCc1c2c(nc3ccccc13)CCN(C(=O)OCC)CC2.Cl. The number of hydrogen-bond donors (Lipinski definition) is 0. The standard InChI is InChI=1S/C19H24N2O2.ClH/c1-3-7-14-15-8-5-6-9-17(15)20-18-11-13-21(12-10-16(14)18)19(22)23-4-2;/h5-6,8-9H,3-4,7,10-13H2,1-2H3;1H. The van der Waals surface area contributed by atoms with Gasteiger partial charge in [-0.15, -0.1) is 12.4 Å². The first kappa shape index (κ1) is 18.5. The molecule has 0 aliphatic carbocycles. The van der Waals surface area contributed by atoms with Gasteiger partial charge in [0.1, 0.15) is 0 Å². The summed E-state index contributed by atoms with van der Waals surface area (Å²) >= 11 is 0. The molecule has 1 amide bonds. The number of hydrogen-bond acceptors (Lipinski definition) is 3. The van der Waals surface area contributed by atoms with Crippen LogP contribution in [-0.2, 0) is 24.0 Å². The van der Waals surface area contributed by atoms with Crippen LogP contribution in [0.5, 0.6) is 0 Å². The van der Waals surface area contributed by atoms with Crippen LogP contribution in [0.15, 0.2) is 24.3 Å². The van der Waals surface area contributed by atoms with Crippen LogP contribution in [0.25, 0.3) is 10.9 Å². The van der Waals surface area contributed by atoms with Gasteiger partial charge in [-0.2, -0.15) is 0 Å². The molecule has 1 aromatic heterocycles. The van der Waals surface area contributed by atoms with Gasteiger partial charge in [-0.3, -0.25) is 4.98 Å². The van der Waals surface area contributed by atoms with E-state index in [1.165, 1.54) is 16.5 Å². The minimum atomic E-state index is -0.207. The molecule has 130 valence electrons. The van der Waals surface area contributed by atoms with Crippen LogP contribution in [0.1, 0.15) is 37.1 Å². The minimum Gasteiger partial charge on any atom is -0.450 e. The highest BCUT2D eigenvalue weighted by molar-refractivity contribution is 5.85. The van der Waals surface area contributed by atoms with E-state index in [0.29, 0.717) is 19.7 Å². The van der Waals surface area contributed by atoms with E-state index >= 15 is 0 Å². The second kappa shape index (κ2) is 8.34. The highest BCUT2D eigenvalue weighted by Crippen LogP contribution is 2.27. The lowest BCUT2D eigenvalue weighted by atomic mass is 9.94. The Hall–Kier alpha value is -1.81. The predicted octanol–water partition coefficient (Wildman–Crippen LogP) is 4.17.